The van der Waals surface area contributed by atoms with Crippen LogP contribution in [0, 0.1) is 0 Å². The Hall–Kier alpha value is -1.51. The van der Waals surface area contributed by atoms with Crippen LogP contribution in [0.25, 0.3) is 11.1 Å². The predicted octanol–water partition coefficient (Wildman–Crippen LogP) is 7.21. The van der Waals surface area contributed by atoms with E-state index in [1.165, 1.54) is 56.2 Å². The van der Waals surface area contributed by atoms with Gasteiger partial charge in [-0.2, -0.15) is 0 Å². The minimum atomic E-state index is 0.743. The van der Waals surface area contributed by atoms with Crippen LogP contribution in [0.5, 0.6) is 5.75 Å². The van der Waals surface area contributed by atoms with Gasteiger partial charge in [-0.05, 0) is 49.4 Å². The van der Waals surface area contributed by atoms with Gasteiger partial charge in [-0.1, -0.05) is 68.6 Å². The van der Waals surface area contributed by atoms with Crippen molar-refractivity contribution in [2.24, 2.45) is 0 Å². The Morgan fingerprint density at radius 3 is 2.07 bits per heavy atom. The Morgan fingerprint density at radius 1 is 0.821 bits per heavy atom. The van der Waals surface area contributed by atoms with Gasteiger partial charge in [0.05, 0.1) is 38.3 Å². The van der Waals surface area contributed by atoms with Crippen LogP contribution in [0.1, 0.15) is 52.4 Å². The quantitative estimate of drug-likeness (QED) is 0.254. The van der Waals surface area contributed by atoms with Crippen molar-refractivity contribution in [3.8, 4) is 16.9 Å². The molecule has 0 saturated carbocycles. The third kappa shape index (κ3) is 7.48. The van der Waals surface area contributed by atoms with Crippen molar-refractivity contribution in [1.82, 2.24) is 0 Å². The summed E-state index contributed by atoms with van der Waals surface area (Å²) in [5.41, 5.74) is 2.18. The normalized spacial score (nSPS) is 11.6. The molecule has 154 valence electrons. The molecule has 0 fully saturated rings. The summed E-state index contributed by atoms with van der Waals surface area (Å²) in [6, 6.07) is 16.2. The molecular formula is C25H37ClNO+. The Morgan fingerprint density at radius 2 is 1.46 bits per heavy atom. The second-order valence-electron chi connectivity index (χ2n) is 8.06. The van der Waals surface area contributed by atoms with E-state index in [0.717, 1.165) is 34.9 Å². The number of quaternary nitrogens is 1. The van der Waals surface area contributed by atoms with E-state index in [1.54, 1.807) is 0 Å². The second-order valence-corrected chi connectivity index (χ2v) is 8.47. The van der Waals surface area contributed by atoms with Gasteiger partial charge in [0.2, 0.25) is 0 Å². The lowest BCUT2D eigenvalue weighted by atomic mass is 10.1. The first-order chi connectivity index (χ1) is 13.6. The Balaban J connectivity index is 1.79. The van der Waals surface area contributed by atoms with Gasteiger partial charge in [0.15, 0.2) is 0 Å². The Kier molecular flexibility index (Phi) is 9.87. The van der Waals surface area contributed by atoms with Gasteiger partial charge < -0.3 is 9.22 Å². The molecule has 0 atom stereocenters. The van der Waals surface area contributed by atoms with Crippen LogP contribution in [-0.4, -0.2) is 37.8 Å². The number of hydrogen-bond acceptors (Lipinski definition) is 1. The summed E-state index contributed by atoms with van der Waals surface area (Å²) in [6.45, 7) is 9.17. The number of nitrogens with zero attached hydrogens (tertiary/aromatic N) is 1. The maximum Gasteiger partial charge on any atom is 0.120 e. The molecule has 0 bridgehead atoms. The lowest BCUT2D eigenvalue weighted by Gasteiger charge is -2.35. The summed E-state index contributed by atoms with van der Waals surface area (Å²) < 4.78 is 7.17. The summed E-state index contributed by atoms with van der Waals surface area (Å²) in [5.74, 6) is 0.860. The van der Waals surface area contributed by atoms with Crippen LogP contribution in [0.3, 0.4) is 0 Å². The fourth-order valence-corrected chi connectivity index (χ4v) is 3.92. The largest absolute Gasteiger partial charge is 0.494 e. The summed E-state index contributed by atoms with van der Waals surface area (Å²) in [4.78, 5) is 0. The van der Waals surface area contributed by atoms with Gasteiger partial charge in [0.25, 0.3) is 0 Å². The molecule has 2 nitrogen and oxygen atoms in total. The number of benzene rings is 2. The summed E-state index contributed by atoms with van der Waals surface area (Å²) in [5, 5.41) is 0.743. The van der Waals surface area contributed by atoms with E-state index in [-0.39, 0.29) is 0 Å². The minimum Gasteiger partial charge on any atom is -0.494 e. The second kappa shape index (κ2) is 12.1. The first-order valence-electron chi connectivity index (χ1n) is 10.9. The molecule has 2 aromatic carbocycles. The zero-order chi connectivity index (χ0) is 20.2. The number of halogens is 1. The van der Waals surface area contributed by atoms with Gasteiger partial charge in [0.1, 0.15) is 5.75 Å². The van der Waals surface area contributed by atoms with Crippen molar-refractivity contribution in [2.45, 2.75) is 52.4 Å². The first kappa shape index (κ1) is 22.8. The number of ether oxygens (including phenoxy) is 1. The highest BCUT2D eigenvalue weighted by Gasteiger charge is 2.19. The predicted molar refractivity (Wildman–Crippen MR) is 122 cm³/mol. The average molecular weight is 403 g/mol. The van der Waals surface area contributed by atoms with E-state index in [9.17, 15) is 0 Å². The van der Waals surface area contributed by atoms with Crippen molar-refractivity contribution < 1.29 is 9.22 Å². The van der Waals surface area contributed by atoms with Crippen LogP contribution in [0.2, 0.25) is 5.02 Å². The van der Waals surface area contributed by atoms with Crippen LogP contribution in [-0.2, 0) is 0 Å². The molecule has 28 heavy (non-hydrogen) atoms. The highest BCUT2D eigenvalue weighted by Crippen LogP contribution is 2.31. The molecule has 0 aliphatic rings. The summed E-state index contributed by atoms with van der Waals surface area (Å²) in [6.07, 6.45) is 7.50. The topological polar surface area (TPSA) is 9.23 Å². The van der Waals surface area contributed by atoms with Gasteiger partial charge in [-0.25, -0.2) is 0 Å². The molecule has 0 aliphatic heterocycles. The van der Waals surface area contributed by atoms with E-state index < -0.39 is 0 Å². The third-order valence-electron chi connectivity index (χ3n) is 5.49. The van der Waals surface area contributed by atoms with Crippen molar-refractivity contribution in [3.05, 3.63) is 53.6 Å². The Labute approximate surface area is 177 Å². The molecule has 0 N–H and O–H groups in total. The standard InChI is InChI=1S/C25H37ClNO/c1-4-6-17-27(3,18-7-5-2)19-11-12-20-28-23-15-16-24(25(26)21-23)22-13-9-8-10-14-22/h8-10,13-16,21H,4-7,11-12,17-20H2,1-3H3/q+1. The van der Waals surface area contributed by atoms with E-state index in [1.807, 2.05) is 30.3 Å². The summed E-state index contributed by atoms with van der Waals surface area (Å²) >= 11 is 6.48. The molecule has 3 heteroatoms. The molecule has 2 rings (SSSR count). The lowest BCUT2D eigenvalue weighted by Crippen LogP contribution is -2.46. The van der Waals surface area contributed by atoms with Crippen molar-refractivity contribution in [3.63, 3.8) is 0 Å². The van der Waals surface area contributed by atoms with Crippen LogP contribution in [0.15, 0.2) is 48.5 Å². The maximum absolute atomic E-state index is 6.48. The lowest BCUT2D eigenvalue weighted by molar-refractivity contribution is -0.910. The van der Waals surface area contributed by atoms with Crippen molar-refractivity contribution >= 4 is 11.6 Å². The van der Waals surface area contributed by atoms with Crippen molar-refractivity contribution in [2.75, 3.05) is 33.3 Å². The number of hydrogen-bond donors (Lipinski definition) is 0. The maximum atomic E-state index is 6.48. The highest BCUT2D eigenvalue weighted by molar-refractivity contribution is 6.33. The van der Waals surface area contributed by atoms with Gasteiger partial charge in [-0.15, -0.1) is 0 Å². The summed E-state index contributed by atoms with van der Waals surface area (Å²) in [7, 11) is 2.42. The smallest absolute Gasteiger partial charge is 0.120 e. The third-order valence-corrected chi connectivity index (χ3v) is 5.80. The highest BCUT2D eigenvalue weighted by atomic mass is 35.5. The monoisotopic (exact) mass is 402 g/mol. The molecule has 0 aliphatic carbocycles. The number of rotatable bonds is 13. The van der Waals surface area contributed by atoms with Crippen LogP contribution in [0.4, 0.5) is 0 Å². The minimum absolute atomic E-state index is 0.743. The molecule has 2 aromatic rings. The number of unbranched alkanes of at least 4 members (excludes halogenated alkanes) is 3. The van der Waals surface area contributed by atoms with Crippen LogP contribution >= 0.6 is 11.6 Å². The SMILES string of the molecule is CCCC[N+](C)(CCCC)CCCCOc1ccc(-c2ccccc2)c(Cl)c1. The van der Waals surface area contributed by atoms with E-state index >= 15 is 0 Å². The molecule has 0 amide bonds. The van der Waals surface area contributed by atoms with Crippen LogP contribution < -0.4 is 4.74 Å². The average Bonchev–Trinajstić information content (AvgIpc) is 2.71. The molecule has 0 heterocycles. The molecule has 0 unspecified atom stereocenters. The van der Waals surface area contributed by atoms with E-state index in [2.05, 4.69) is 39.1 Å². The Bertz CT molecular complexity index is 678. The first-order valence-corrected chi connectivity index (χ1v) is 11.3. The van der Waals surface area contributed by atoms with Gasteiger partial charge in [-0.3, -0.25) is 0 Å². The van der Waals surface area contributed by atoms with Gasteiger partial charge >= 0.3 is 0 Å². The molecular weight excluding hydrogens is 366 g/mol. The van der Waals surface area contributed by atoms with E-state index in [0.29, 0.717) is 0 Å². The van der Waals surface area contributed by atoms with Crippen molar-refractivity contribution in [1.29, 1.82) is 0 Å². The zero-order valence-electron chi connectivity index (χ0n) is 17.9. The van der Waals surface area contributed by atoms with Gasteiger partial charge in [0, 0.05) is 5.56 Å². The molecule has 0 spiro atoms. The van der Waals surface area contributed by atoms with E-state index in [4.69, 9.17) is 16.3 Å². The fraction of sp³-hybridized carbons (Fsp3) is 0.520. The fourth-order valence-electron chi connectivity index (χ4n) is 3.64. The zero-order valence-corrected chi connectivity index (χ0v) is 18.7. The molecule has 0 radical (unpaired) electrons. The molecule has 0 saturated heterocycles. The molecule has 0 aromatic heterocycles.